The molecule has 8 heteroatoms. The number of likely N-dealkylation sites (N-methyl/N-ethyl adjacent to an activating group) is 1. The molecule has 0 unspecified atom stereocenters. The van der Waals surface area contributed by atoms with Gasteiger partial charge in [0.2, 0.25) is 5.91 Å². The summed E-state index contributed by atoms with van der Waals surface area (Å²) in [6.07, 6.45) is 0. The molecule has 1 aliphatic rings. The van der Waals surface area contributed by atoms with Crippen molar-refractivity contribution in [1.82, 2.24) is 10.6 Å². The van der Waals surface area contributed by atoms with Crippen LogP contribution in [0, 0.1) is 0 Å². The predicted molar refractivity (Wildman–Crippen MR) is 79.4 cm³/mol. The van der Waals surface area contributed by atoms with Crippen LogP contribution in [0.4, 0.5) is 0 Å². The number of ether oxygens (including phenoxy) is 3. The van der Waals surface area contributed by atoms with Crippen LogP contribution in [0.1, 0.15) is 17.3 Å². The fourth-order valence-electron chi connectivity index (χ4n) is 1.87. The van der Waals surface area contributed by atoms with Gasteiger partial charge < -0.3 is 24.8 Å². The maximum Gasteiger partial charge on any atom is 0.338 e. The molecule has 0 bridgehead atoms. The second kappa shape index (κ2) is 8.02. The van der Waals surface area contributed by atoms with E-state index in [1.807, 2.05) is 0 Å². The van der Waals surface area contributed by atoms with Gasteiger partial charge in [-0.25, -0.2) is 4.79 Å². The van der Waals surface area contributed by atoms with Gasteiger partial charge >= 0.3 is 5.97 Å². The van der Waals surface area contributed by atoms with Crippen LogP contribution < -0.4 is 20.1 Å². The highest BCUT2D eigenvalue weighted by Gasteiger charge is 2.16. The molecule has 0 saturated heterocycles. The summed E-state index contributed by atoms with van der Waals surface area (Å²) in [5.74, 6) is -0.491. The first-order valence-corrected chi connectivity index (χ1v) is 7.20. The number of hydrogen-bond donors (Lipinski definition) is 2. The zero-order chi connectivity index (χ0) is 16.7. The van der Waals surface area contributed by atoms with E-state index >= 15 is 0 Å². The average molecular weight is 322 g/mol. The third kappa shape index (κ3) is 4.87. The monoisotopic (exact) mass is 322 g/mol. The number of carbonyl (C=O) groups excluding carboxylic acids is 3. The molecule has 0 aliphatic carbocycles. The summed E-state index contributed by atoms with van der Waals surface area (Å²) < 4.78 is 15.6. The van der Waals surface area contributed by atoms with Gasteiger partial charge in [-0.3, -0.25) is 9.59 Å². The standard InChI is InChI=1S/C15H18N2O6/c1-2-16-13(18)8-17-14(19)9-23-15(20)10-3-4-11-12(7-10)22-6-5-21-11/h3-4,7H,2,5-6,8-9H2,1H3,(H,16,18)(H,17,19). The Kier molecular flexibility index (Phi) is 5.79. The number of rotatable bonds is 6. The summed E-state index contributed by atoms with van der Waals surface area (Å²) in [5, 5.41) is 4.88. The summed E-state index contributed by atoms with van der Waals surface area (Å²) in [5.41, 5.74) is 0.255. The van der Waals surface area contributed by atoms with Gasteiger partial charge in [-0.15, -0.1) is 0 Å². The van der Waals surface area contributed by atoms with Crippen LogP contribution in [0.25, 0.3) is 0 Å². The van der Waals surface area contributed by atoms with Gasteiger partial charge in [0.05, 0.1) is 12.1 Å². The fraction of sp³-hybridized carbons (Fsp3) is 0.400. The molecule has 2 amide bonds. The molecular weight excluding hydrogens is 304 g/mol. The van der Waals surface area contributed by atoms with Gasteiger partial charge in [-0.1, -0.05) is 0 Å². The molecule has 124 valence electrons. The average Bonchev–Trinajstić information content (AvgIpc) is 2.57. The Hall–Kier alpha value is -2.77. The minimum Gasteiger partial charge on any atom is -0.486 e. The molecule has 0 fully saturated rings. The second-order valence-electron chi connectivity index (χ2n) is 4.66. The Bertz CT molecular complexity index is 602. The smallest absolute Gasteiger partial charge is 0.338 e. The van der Waals surface area contributed by atoms with Crippen LogP contribution in [-0.2, 0) is 14.3 Å². The number of carbonyl (C=O) groups is 3. The zero-order valence-electron chi connectivity index (χ0n) is 12.7. The van der Waals surface area contributed by atoms with Crippen LogP contribution in [-0.4, -0.2) is 50.7 Å². The van der Waals surface area contributed by atoms with Gasteiger partial charge in [-0.05, 0) is 25.1 Å². The van der Waals surface area contributed by atoms with Crippen molar-refractivity contribution in [3.05, 3.63) is 23.8 Å². The topological polar surface area (TPSA) is 103 Å². The van der Waals surface area contributed by atoms with Gasteiger partial charge in [-0.2, -0.15) is 0 Å². The summed E-state index contributed by atoms with van der Waals surface area (Å²) in [6, 6.07) is 4.64. The van der Waals surface area contributed by atoms with Crippen LogP contribution >= 0.6 is 0 Å². The SMILES string of the molecule is CCNC(=O)CNC(=O)COC(=O)c1ccc2c(c1)OCCO2. The minimum absolute atomic E-state index is 0.158. The molecule has 2 rings (SSSR count). The molecule has 0 atom stereocenters. The number of hydrogen-bond acceptors (Lipinski definition) is 6. The number of esters is 1. The van der Waals surface area contributed by atoms with E-state index < -0.39 is 18.5 Å². The highest BCUT2D eigenvalue weighted by Crippen LogP contribution is 2.30. The lowest BCUT2D eigenvalue weighted by Gasteiger charge is -2.18. The van der Waals surface area contributed by atoms with E-state index in [1.54, 1.807) is 13.0 Å². The molecule has 1 aliphatic heterocycles. The molecule has 1 aromatic rings. The maximum atomic E-state index is 11.9. The largest absolute Gasteiger partial charge is 0.486 e. The van der Waals surface area contributed by atoms with E-state index in [2.05, 4.69) is 10.6 Å². The van der Waals surface area contributed by atoms with Gasteiger partial charge in [0, 0.05) is 6.54 Å². The maximum absolute atomic E-state index is 11.9. The van der Waals surface area contributed by atoms with E-state index in [9.17, 15) is 14.4 Å². The van der Waals surface area contributed by atoms with Crippen LogP contribution in [0.3, 0.4) is 0 Å². The first-order valence-electron chi connectivity index (χ1n) is 7.20. The van der Waals surface area contributed by atoms with Gasteiger partial charge in [0.25, 0.3) is 5.91 Å². The summed E-state index contributed by atoms with van der Waals surface area (Å²) in [4.78, 5) is 34.6. The second-order valence-corrected chi connectivity index (χ2v) is 4.66. The predicted octanol–water partition coefficient (Wildman–Crippen LogP) is -0.133. The van der Waals surface area contributed by atoms with Crippen molar-refractivity contribution in [2.45, 2.75) is 6.92 Å². The molecule has 0 spiro atoms. The molecular formula is C15H18N2O6. The molecule has 0 radical (unpaired) electrons. The lowest BCUT2D eigenvalue weighted by molar-refractivity contribution is -0.127. The lowest BCUT2D eigenvalue weighted by Crippen LogP contribution is -2.38. The fourth-order valence-corrected chi connectivity index (χ4v) is 1.87. The third-order valence-corrected chi connectivity index (χ3v) is 2.93. The van der Waals surface area contributed by atoms with E-state index in [0.29, 0.717) is 31.3 Å². The van der Waals surface area contributed by atoms with E-state index in [0.717, 1.165) is 0 Å². The highest BCUT2D eigenvalue weighted by molar-refractivity contribution is 5.92. The number of amides is 2. The lowest BCUT2D eigenvalue weighted by atomic mass is 10.2. The van der Waals surface area contributed by atoms with Crippen molar-refractivity contribution in [3.8, 4) is 11.5 Å². The van der Waals surface area contributed by atoms with Crippen molar-refractivity contribution in [2.24, 2.45) is 0 Å². The highest BCUT2D eigenvalue weighted by atomic mass is 16.6. The Balaban J connectivity index is 1.80. The molecule has 1 heterocycles. The van der Waals surface area contributed by atoms with E-state index in [-0.39, 0.29) is 18.0 Å². The molecule has 8 nitrogen and oxygen atoms in total. The van der Waals surface area contributed by atoms with Crippen LogP contribution in [0.2, 0.25) is 0 Å². The first-order chi connectivity index (χ1) is 11.1. The third-order valence-electron chi connectivity index (χ3n) is 2.93. The van der Waals surface area contributed by atoms with E-state index in [1.165, 1.54) is 12.1 Å². The van der Waals surface area contributed by atoms with Crippen molar-refractivity contribution in [2.75, 3.05) is 32.9 Å². The Morgan fingerprint density at radius 3 is 2.57 bits per heavy atom. The van der Waals surface area contributed by atoms with E-state index in [4.69, 9.17) is 14.2 Å². The Labute approximate surface area is 133 Å². The van der Waals surface area contributed by atoms with Crippen LogP contribution in [0.15, 0.2) is 18.2 Å². The van der Waals surface area contributed by atoms with Crippen LogP contribution in [0.5, 0.6) is 11.5 Å². The van der Waals surface area contributed by atoms with Gasteiger partial charge in [0.1, 0.15) is 13.2 Å². The number of nitrogens with one attached hydrogen (secondary N) is 2. The Morgan fingerprint density at radius 2 is 1.83 bits per heavy atom. The van der Waals surface area contributed by atoms with Crippen molar-refractivity contribution >= 4 is 17.8 Å². The molecule has 2 N–H and O–H groups in total. The summed E-state index contributed by atoms with van der Waals surface area (Å²) >= 11 is 0. The minimum atomic E-state index is -0.657. The first kappa shape index (κ1) is 16.6. The summed E-state index contributed by atoms with van der Waals surface area (Å²) in [6.45, 7) is 2.50. The molecule has 0 aromatic heterocycles. The van der Waals surface area contributed by atoms with Gasteiger partial charge in [0.15, 0.2) is 18.1 Å². The number of fused-ring (bicyclic) bond motifs is 1. The zero-order valence-corrected chi connectivity index (χ0v) is 12.7. The molecule has 23 heavy (non-hydrogen) atoms. The van der Waals surface area contributed by atoms with Crippen molar-refractivity contribution in [1.29, 1.82) is 0 Å². The number of benzene rings is 1. The molecule has 1 aromatic carbocycles. The van der Waals surface area contributed by atoms with Crippen molar-refractivity contribution in [3.63, 3.8) is 0 Å². The summed E-state index contributed by atoms with van der Waals surface area (Å²) in [7, 11) is 0. The normalized spacial score (nSPS) is 12.2. The Morgan fingerprint density at radius 1 is 1.09 bits per heavy atom. The molecule has 0 saturated carbocycles. The quantitative estimate of drug-likeness (QED) is 0.707. The van der Waals surface area contributed by atoms with Crippen molar-refractivity contribution < 1.29 is 28.6 Å².